The first kappa shape index (κ1) is 19.9. The number of methoxy groups -OCH3 is 1. The van der Waals surface area contributed by atoms with Gasteiger partial charge in [-0.15, -0.1) is 0 Å². The van der Waals surface area contributed by atoms with Gasteiger partial charge >= 0.3 is 0 Å². The monoisotopic (exact) mass is 399 g/mol. The molecular weight excluding hydrogens is 374 g/mol. The van der Waals surface area contributed by atoms with Crippen LogP contribution in [-0.2, 0) is 16.6 Å². The number of nitrogens with zero attached hydrogens (tertiary/aromatic N) is 2. The molecule has 0 fully saturated rings. The quantitative estimate of drug-likeness (QED) is 0.681. The summed E-state index contributed by atoms with van der Waals surface area (Å²) in [6, 6.07) is 12.8. The van der Waals surface area contributed by atoms with E-state index in [1.807, 2.05) is 49.7 Å². The zero-order chi connectivity index (χ0) is 20.5. The molecule has 0 aliphatic rings. The Labute approximate surface area is 166 Å². The molecule has 3 rings (SSSR count). The first-order valence-corrected chi connectivity index (χ1v) is 10.5. The lowest BCUT2D eigenvalue weighted by atomic mass is 10.1. The number of anilines is 1. The van der Waals surface area contributed by atoms with E-state index in [4.69, 9.17) is 4.74 Å². The SMILES string of the molecule is COc1cc(C)c(S(=O)(=O)Nc2cccc(Cn3nc(C)cc3C)c2)cc1C. The summed E-state index contributed by atoms with van der Waals surface area (Å²) in [6.07, 6.45) is 0. The summed E-state index contributed by atoms with van der Waals surface area (Å²) in [4.78, 5) is 0.245. The van der Waals surface area contributed by atoms with Crippen LogP contribution in [0, 0.1) is 27.7 Å². The predicted molar refractivity (Wildman–Crippen MR) is 111 cm³/mol. The van der Waals surface area contributed by atoms with Crippen LogP contribution in [0.1, 0.15) is 28.1 Å². The van der Waals surface area contributed by atoms with Crippen molar-refractivity contribution in [3.8, 4) is 5.75 Å². The lowest BCUT2D eigenvalue weighted by molar-refractivity contribution is 0.411. The Morgan fingerprint density at radius 3 is 2.43 bits per heavy atom. The van der Waals surface area contributed by atoms with Gasteiger partial charge in [-0.25, -0.2) is 8.42 Å². The van der Waals surface area contributed by atoms with E-state index < -0.39 is 10.0 Å². The zero-order valence-electron chi connectivity index (χ0n) is 16.8. The van der Waals surface area contributed by atoms with Gasteiger partial charge in [-0.1, -0.05) is 12.1 Å². The highest BCUT2D eigenvalue weighted by molar-refractivity contribution is 7.92. The van der Waals surface area contributed by atoms with Crippen molar-refractivity contribution in [3.63, 3.8) is 0 Å². The van der Waals surface area contributed by atoms with E-state index in [0.29, 0.717) is 23.5 Å². The molecular formula is C21H25N3O3S. The van der Waals surface area contributed by atoms with Gasteiger partial charge in [0.05, 0.1) is 24.2 Å². The number of sulfonamides is 1. The van der Waals surface area contributed by atoms with Crippen LogP contribution in [-0.4, -0.2) is 25.3 Å². The number of aryl methyl sites for hydroxylation is 4. The average Bonchev–Trinajstić information content (AvgIpc) is 2.93. The Hall–Kier alpha value is -2.80. The summed E-state index contributed by atoms with van der Waals surface area (Å²) in [5, 5.41) is 4.46. The van der Waals surface area contributed by atoms with Crippen LogP contribution >= 0.6 is 0 Å². The largest absolute Gasteiger partial charge is 0.496 e. The van der Waals surface area contributed by atoms with E-state index in [1.54, 1.807) is 32.2 Å². The topological polar surface area (TPSA) is 73.2 Å². The third kappa shape index (κ3) is 4.20. The van der Waals surface area contributed by atoms with Gasteiger partial charge < -0.3 is 4.74 Å². The van der Waals surface area contributed by atoms with Crippen LogP contribution in [0.3, 0.4) is 0 Å². The Kier molecular flexibility index (Phi) is 5.47. The smallest absolute Gasteiger partial charge is 0.262 e. The number of aromatic nitrogens is 2. The number of hydrogen-bond donors (Lipinski definition) is 1. The standard InChI is InChI=1S/C21H25N3O3S/c1-14-10-21(15(2)9-20(14)27-5)28(25,26)23-19-8-6-7-18(12-19)13-24-17(4)11-16(3)22-24/h6-12,23H,13H2,1-5H3. The average molecular weight is 400 g/mol. The lowest BCUT2D eigenvalue weighted by Gasteiger charge is -2.14. The van der Waals surface area contributed by atoms with Crippen molar-refractivity contribution in [2.75, 3.05) is 11.8 Å². The summed E-state index contributed by atoms with van der Waals surface area (Å²) in [5.74, 6) is 0.670. The Morgan fingerprint density at radius 1 is 1.04 bits per heavy atom. The second-order valence-electron chi connectivity index (χ2n) is 6.98. The van der Waals surface area contributed by atoms with Crippen LogP contribution in [0.25, 0.3) is 0 Å². The molecule has 148 valence electrons. The summed E-state index contributed by atoms with van der Waals surface area (Å²) in [6.45, 7) is 8.12. The first-order chi connectivity index (χ1) is 13.2. The molecule has 1 heterocycles. The van der Waals surface area contributed by atoms with Crippen molar-refractivity contribution in [1.29, 1.82) is 0 Å². The normalized spacial score (nSPS) is 11.5. The van der Waals surface area contributed by atoms with Crippen LogP contribution < -0.4 is 9.46 Å². The first-order valence-electron chi connectivity index (χ1n) is 8.97. The molecule has 0 aliphatic heterocycles. The van der Waals surface area contributed by atoms with Gasteiger partial charge in [0.2, 0.25) is 0 Å². The summed E-state index contributed by atoms with van der Waals surface area (Å²) in [5.41, 5.74) is 4.91. The van der Waals surface area contributed by atoms with Crippen LogP contribution in [0.5, 0.6) is 5.75 Å². The molecule has 0 radical (unpaired) electrons. The van der Waals surface area contributed by atoms with Gasteiger partial charge in [0.1, 0.15) is 5.75 Å². The second kappa shape index (κ2) is 7.67. The van der Waals surface area contributed by atoms with Crippen molar-refractivity contribution < 1.29 is 13.2 Å². The minimum Gasteiger partial charge on any atom is -0.496 e. The number of ether oxygens (including phenoxy) is 1. The third-order valence-corrected chi connectivity index (χ3v) is 6.12. The third-order valence-electron chi connectivity index (χ3n) is 4.60. The Morgan fingerprint density at radius 2 is 1.79 bits per heavy atom. The van der Waals surface area contributed by atoms with E-state index in [9.17, 15) is 8.42 Å². The number of nitrogens with one attached hydrogen (secondary N) is 1. The minimum absolute atomic E-state index is 0.245. The number of hydrogen-bond acceptors (Lipinski definition) is 4. The van der Waals surface area contributed by atoms with Gasteiger partial charge in [0.25, 0.3) is 10.0 Å². The van der Waals surface area contributed by atoms with E-state index in [-0.39, 0.29) is 4.90 Å². The van der Waals surface area contributed by atoms with Gasteiger partial charge in [0.15, 0.2) is 0 Å². The van der Waals surface area contributed by atoms with E-state index in [1.165, 1.54) is 0 Å². The van der Waals surface area contributed by atoms with E-state index in [2.05, 4.69) is 9.82 Å². The fourth-order valence-electron chi connectivity index (χ4n) is 3.22. The molecule has 28 heavy (non-hydrogen) atoms. The highest BCUT2D eigenvalue weighted by Crippen LogP contribution is 2.27. The van der Waals surface area contributed by atoms with Gasteiger partial charge in [0, 0.05) is 11.4 Å². The van der Waals surface area contributed by atoms with Crippen molar-refractivity contribution >= 4 is 15.7 Å². The van der Waals surface area contributed by atoms with Crippen LogP contribution in [0.15, 0.2) is 47.4 Å². The fraction of sp³-hybridized carbons (Fsp3) is 0.286. The van der Waals surface area contributed by atoms with Crippen LogP contribution in [0.2, 0.25) is 0 Å². The Balaban J connectivity index is 1.87. The molecule has 0 saturated carbocycles. The molecule has 2 aromatic carbocycles. The number of rotatable bonds is 6. The summed E-state index contributed by atoms with van der Waals surface area (Å²) in [7, 11) is -2.14. The molecule has 3 aromatic rings. The fourth-order valence-corrected chi connectivity index (χ4v) is 4.59. The zero-order valence-corrected chi connectivity index (χ0v) is 17.6. The molecule has 1 aromatic heterocycles. The highest BCUT2D eigenvalue weighted by atomic mass is 32.2. The molecule has 6 nitrogen and oxygen atoms in total. The highest BCUT2D eigenvalue weighted by Gasteiger charge is 2.19. The predicted octanol–water partition coefficient (Wildman–Crippen LogP) is 3.97. The number of benzene rings is 2. The van der Waals surface area contributed by atoms with Crippen molar-refractivity contribution in [2.24, 2.45) is 0 Å². The van der Waals surface area contributed by atoms with Crippen LogP contribution in [0.4, 0.5) is 5.69 Å². The molecule has 7 heteroatoms. The van der Waals surface area contributed by atoms with Crippen molar-refractivity contribution in [3.05, 3.63) is 70.5 Å². The van der Waals surface area contributed by atoms with Crippen molar-refractivity contribution in [1.82, 2.24) is 9.78 Å². The molecule has 0 unspecified atom stereocenters. The minimum atomic E-state index is -3.71. The second-order valence-corrected chi connectivity index (χ2v) is 8.63. The van der Waals surface area contributed by atoms with Gasteiger partial charge in [-0.3, -0.25) is 9.40 Å². The molecule has 0 atom stereocenters. The summed E-state index contributed by atoms with van der Waals surface area (Å²) < 4.78 is 35.7. The van der Waals surface area contributed by atoms with E-state index in [0.717, 1.165) is 22.5 Å². The van der Waals surface area contributed by atoms with Crippen molar-refractivity contribution in [2.45, 2.75) is 39.1 Å². The molecule has 0 aliphatic carbocycles. The van der Waals surface area contributed by atoms with Gasteiger partial charge in [-0.05, 0) is 74.7 Å². The maximum Gasteiger partial charge on any atom is 0.262 e. The molecule has 0 bridgehead atoms. The Bertz CT molecular complexity index is 1120. The molecule has 0 spiro atoms. The lowest BCUT2D eigenvalue weighted by Crippen LogP contribution is -2.15. The maximum atomic E-state index is 12.9. The molecule has 0 amide bonds. The molecule has 1 N–H and O–H groups in total. The maximum absolute atomic E-state index is 12.9. The van der Waals surface area contributed by atoms with E-state index >= 15 is 0 Å². The van der Waals surface area contributed by atoms with Gasteiger partial charge in [-0.2, -0.15) is 5.10 Å². The summed E-state index contributed by atoms with van der Waals surface area (Å²) >= 11 is 0. The molecule has 0 saturated heterocycles.